The Bertz CT molecular complexity index is 810. The fourth-order valence-corrected chi connectivity index (χ4v) is 4.45. The Morgan fingerprint density at radius 2 is 1.83 bits per heavy atom. The molecule has 1 fully saturated rings. The van der Waals surface area contributed by atoms with Crippen molar-refractivity contribution >= 4 is 39.0 Å². The van der Waals surface area contributed by atoms with Gasteiger partial charge in [-0.1, -0.05) is 49.6 Å². The molecule has 2 heterocycles. The number of nitrogens with one attached hydrogen (secondary N) is 1. The van der Waals surface area contributed by atoms with Gasteiger partial charge in [-0.2, -0.15) is 0 Å². The number of aromatic nitrogens is 2. The minimum absolute atomic E-state index is 0.317. The number of hydrogen-bond acceptors (Lipinski definition) is 4. The van der Waals surface area contributed by atoms with E-state index in [1.807, 2.05) is 6.07 Å². The highest BCUT2D eigenvalue weighted by Crippen LogP contribution is 2.36. The van der Waals surface area contributed by atoms with E-state index in [9.17, 15) is 0 Å². The van der Waals surface area contributed by atoms with Crippen LogP contribution in [0.3, 0.4) is 0 Å². The van der Waals surface area contributed by atoms with Crippen LogP contribution in [0.1, 0.15) is 32.1 Å². The van der Waals surface area contributed by atoms with Crippen molar-refractivity contribution in [3.63, 3.8) is 0 Å². The summed E-state index contributed by atoms with van der Waals surface area (Å²) in [6.45, 7) is 0. The number of nitrogens with zero attached hydrogens (tertiary/aromatic N) is 2. The lowest BCUT2D eigenvalue weighted by atomic mass is 9.95. The summed E-state index contributed by atoms with van der Waals surface area (Å²) in [5.41, 5.74) is 1.20. The standard InChI is InChI=1S/C18H18ClN3S/c19-18-21-16(20-13-9-5-2-6-10-13)14-11-15(23-17(14)22-18)12-7-3-1-4-8-12/h1,3-4,7-8,11,13H,2,5-6,9-10H2,(H,20,21,22). The molecule has 0 amide bonds. The summed E-state index contributed by atoms with van der Waals surface area (Å²) >= 11 is 7.81. The summed E-state index contributed by atoms with van der Waals surface area (Å²) in [6.07, 6.45) is 6.34. The maximum Gasteiger partial charge on any atom is 0.225 e. The van der Waals surface area contributed by atoms with Gasteiger partial charge in [0.25, 0.3) is 0 Å². The van der Waals surface area contributed by atoms with E-state index in [2.05, 4.69) is 45.6 Å². The predicted octanol–water partition coefficient (Wildman–Crippen LogP) is 5.76. The monoisotopic (exact) mass is 343 g/mol. The maximum atomic E-state index is 6.14. The molecule has 0 radical (unpaired) electrons. The molecule has 1 saturated carbocycles. The molecule has 0 unspecified atom stereocenters. The van der Waals surface area contributed by atoms with Gasteiger partial charge in [-0.25, -0.2) is 9.97 Å². The Balaban J connectivity index is 1.73. The zero-order chi connectivity index (χ0) is 15.6. The van der Waals surface area contributed by atoms with Crippen LogP contribution in [0, 0.1) is 0 Å². The number of halogens is 1. The molecule has 5 heteroatoms. The molecule has 1 N–H and O–H groups in total. The third-order valence-electron chi connectivity index (χ3n) is 4.37. The van der Waals surface area contributed by atoms with E-state index in [0.29, 0.717) is 11.3 Å². The van der Waals surface area contributed by atoms with Crippen LogP contribution >= 0.6 is 22.9 Å². The van der Waals surface area contributed by atoms with E-state index >= 15 is 0 Å². The van der Waals surface area contributed by atoms with Crippen molar-refractivity contribution in [2.24, 2.45) is 0 Å². The summed E-state index contributed by atoms with van der Waals surface area (Å²) in [5.74, 6) is 0.880. The molecule has 0 saturated heterocycles. The van der Waals surface area contributed by atoms with Crippen molar-refractivity contribution in [1.82, 2.24) is 9.97 Å². The molecule has 0 aliphatic heterocycles. The average Bonchev–Trinajstić information content (AvgIpc) is 3.01. The molecule has 0 spiro atoms. The smallest absolute Gasteiger partial charge is 0.225 e. The second-order valence-corrected chi connectivity index (χ2v) is 7.38. The van der Waals surface area contributed by atoms with Gasteiger partial charge >= 0.3 is 0 Å². The molecular weight excluding hydrogens is 326 g/mol. The minimum Gasteiger partial charge on any atom is -0.367 e. The van der Waals surface area contributed by atoms with Crippen LogP contribution in [0.4, 0.5) is 5.82 Å². The third-order valence-corrected chi connectivity index (χ3v) is 5.62. The number of thiophene rings is 1. The molecule has 118 valence electrons. The van der Waals surface area contributed by atoms with Crippen molar-refractivity contribution in [3.8, 4) is 10.4 Å². The van der Waals surface area contributed by atoms with Crippen LogP contribution in [0.2, 0.25) is 5.28 Å². The first kappa shape index (κ1) is 14.9. The lowest BCUT2D eigenvalue weighted by molar-refractivity contribution is 0.462. The Kier molecular flexibility index (Phi) is 4.19. The zero-order valence-corrected chi connectivity index (χ0v) is 14.3. The zero-order valence-electron chi connectivity index (χ0n) is 12.8. The molecular formula is C18H18ClN3S. The fraction of sp³-hybridized carbons (Fsp3) is 0.333. The van der Waals surface area contributed by atoms with Crippen LogP contribution in [-0.4, -0.2) is 16.0 Å². The van der Waals surface area contributed by atoms with Crippen LogP contribution in [-0.2, 0) is 0 Å². The quantitative estimate of drug-likeness (QED) is 0.614. The van der Waals surface area contributed by atoms with Gasteiger partial charge in [-0.05, 0) is 36.1 Å². The number of hydrogen-bond donors (Lipinski definition) is 1. The molecule has 1 aliphatic carbocycles. The van der Waals surface area contributed by atoms with E-state index in [0.717, 1.165) is 16.0 Å². The minimum atomic E-state index is 0.317. The maximum absolute atomic E-state index is 6.14. The van der Waals surface area contributed by atoms with Crippen LogP contribution in [0.5, 0.6) is 0 Å². The van der Waals surface area contributed by atoms with E-state index in [1.165, 1.54) is 42.5 Å². The molecule has 1 aliphatic rings. The van der Waals surface area contributed by atoms with Crippen molar-refractivity contribution in [2.45, 2.75) is 38.1 Å². The Morgan fingerprint density at radius 3 is 2.61 bits per heavy atom. The van der Waals surface area contributed by atoms with E-state index < -0.39 is 0 Å². The van der Waals surface area contributed by atoms with Gasteiger partial charge in [0.05, 0.1) is 5.39 Å². The Hall–Kier alpha value is -1.65. The van der Waals surface area contributed by atoms with Crippen molar-refractivity contribution < 1.29 is 0 Å². The van der Waals surface area contributed by atoms with Gasteiger partial charge in [0, 0.05) is 10.9 Å². The summed E-state index contributed by atoms with van der Waals surface area (Å²) in [6, 6.07) is 13.1. The first-order chi connectivity index (χ1) is 11.3. The van der Waals surface area contributed by atoms with Gasteiger partial charge < -0.3 is 5.32 Å². The van der Waals surface area contributed by atoms with Gasteiger partial charge in [0.2, 0.25) is 5.28 Å². The number of benzene rings is 1. The highest BCUT2D eigenvalue weighted by Gasteiger charge is 2.17. The van der Waals surface area contributed by atoms with Gasteiger partial charge in [-0.3, -0.25) is 0 Å². The highest BCUT2D eigenvalue weighted by atomic mass is 35.5. The highest BCUT2D eigenvalue weighted by molar-refractivity contribution is 7.22. The molecule has 0 bridgehead atoms. The molecule has 4 rings (SSSR count). The predicted molar refractivity (Wildman–Crippen MR) is 98.4 cm³/mol. The molecule has 0 atom stereocenters. The first-order valence-corrected chi connectivity index (χ1v) is 9.28. The van der Waals surface area contributed by atoms with Crippen molar-refractivity contribution in [1.29, 1.82) is 0 Å². The van der Waals surface area contributed by atoms with Gasteiger partial charge in [0.1, 0.15) is 10.6 Å². The fourth-order valence-electron chi connectivity index (χ4n) is 3.19. The van der Waals surface area contributed by atoms with Crippen molar-refractivity contribution in [2.75, 3.05) is 5.32 Å². The second-order valence-electron chi connectivity index (χ2n) is 6.02. The topological polar surface area (TPSA) is 37.8 Å². The molecule has 3 nitrogen and oxygen atoms in total. The molecule has 1 aromatic carbocycles. The van der Waals surface area contributed by atoms with Crippen LogP contribution in [0.25, 0.3) is 20.7 Å². The normalized spacial score (nSPS) is 15.9. The van der Waals surface area contributed by atoms with Gasteiger partial charge in [0.15, 0.2) is 0 Å². The second kappa shape index (κ2) is 6.46. The molecule has 2 aromatic heterocycles. The van der Waals surface area contributed by atoms with Gasteiger partial charge in [-0.15, -0.1) is 11.3 Å². The van der Waals surface area contributed by atoms with E-state index in [-0.39, 0.29) is 0 Å². The largest absolute Gasteiger partial charge is 0.367 e. The summed E-state index contributed by atoms with van der Waals surface area (Å²) in [4.78, 5) is 11.0. The molecule has 3 aromatic rings. The molecule has 23 heavy (non-hydrogen) atoms. The average molecular weight is 344 g/mol. The lowest BCUT2D eigenvalue weighted by Crippen LogP contribution is -2.23. The van der Waals surface area contributed by atoms with Crippen LogP contribution < -0.4 is 5.32 Å². The third kappa shape index (κ3) is 3.19. The number of fused-ring (bicyclic) bond motifs is 1. The van der Waals surface area contributed by atoms with Crippen LogP contribution in [0.15, 0.2) is 36.4 Å². The first-order valence-electron chi connectivity index (χ1n) is 8.08. The van der Waals surface area contributed by atoms with E-state index in [4.69, 9.17) is 11.6 Å². The summed E-state index contributed by atoms with van der Waals surface area (Å²) in [5, 5.41) is 4.99. The Labute approximate surface area is 144 Å². The summed E-state index contributed by atoms with van der Waals surface area (Å²) < 4.78 is 0. The lowest BCUT2D eigenvalue weighted by Gasteiger charge is -2.23. The van der Waals surface area contributed by atoms with Crippen molar-refractivity contribution in [3.05, 3.63) is 41.7 Å². The Morgan fingerprint density at radius 1 is 1.04 bits per heavy atom. The number of rotatable bonds is 3. The SMILES string of the molecule is Clc1nc(NC2CCCCC2)c2cc(-c3ccccc3)sc2n1. The van der Waals surface area contributed by atoms with E-state index in [1.54, 1.807) is 11.3 Å². The number of anilines is 1. The summed E-state index contributed by atoms with van der Waals surface area (Å²) in [7, 11) is 0.